The molecule has 0 saturated heterocycles. The smallest absolute Gasteiger partial charge is 0.232 e. The van der Waals surface area contributed by atoms with Crippen molar-refractivity contribution in [1.29, 1.82) is 0 Å². The number of rotatable bonds is 4. The van der Waals surface area contributed by atoms with E-state index in [1.807, 2.05) is 18.2 Å². The number of hydrogen-bond donors (Lipinski definition) is 0. The lowest BCUT2D eigenvalue weighted by Gasteiger charge is -2.20. The minimum atomic E-state index is -0.632. The van der Waals surface area contributed by atoms with Gasteiger partial charge in [-0.3, -0.25) is 4.40 Å². The Morgan fingerprint density at radius 3 is 2.03 bits per heavy atom. The maximum atomic E-state index is 6.18. The monoisotopic (exact) mass is 518 g/mol. The molecule has 8 aromatic rings. The lowest BCUT2D eigenvalue weighted by atomic mass is 10.0. The van der Waals surface area contributed by atoms with Crippen molar-refractivity contribution in [2.45, 2.75) is 0 Å². The van der Waals surface area contributed by atoms with Crippen LogP contribution in [0.2, 0.25) is 0 Å². The molecule has 0 bridgehead atoms. The van der Waals surface area contributed by atoms with E-state index in [9.17, 15) is 0 Å². The summed E-state index contributed by atoms with van der Waals surface area (Å²) in [6, 6.07) is 47.7. The van der Waals surface area contributed by atoms with E-state index < -0.39 is 7.92 Å². The van der Waals surface area contributed by atoms with Crippen molar-refractivity contribution in [3.8, 4) is 11.1 Å². The molecule has 5 aromatic carbocycles. The largest absolute Gasteiger partial charge is 0.437 e. The van der Waals surface area contributed by atoms with Crippen molar-refractivity contribution >= 4 is 62.5 Å². The average Bonchev–Trinajstić information content (AvgIpc) is 3.54. The molecule has 3 nitrogen and oxygen atoms in total. The fraction of sp³-hybridized carbons (Fsp3) is 0. The molecule has 0 radical (unpaired) electrons. The van der Waals surface area contributed by atoms with Crippen LogP contribution < -0.4 is 15.9 Å². The Labute approximate surface area is 226 Å². The lowest BCUT2D eigenvalue weighted by Crippen LogP contribution is -2.20. The Hall–Kier alpha value is -4.72. The molecule has 0 saturated carbocycles. The first-order chi connectivity index (χ1) is 19.3. The summed E-state index contributed by atoms with van der Waals surface area (Å²) >= 11 is 0. The summed E-state index contributed by atoms with van der Waals surface area (Å²) in [6.45, 7) is 0. The highest BCUT2D eigenvalue weighted by Crippen LogP contribution is 2.35. The summed E-state index contributed by atoms with van der Waals surface area (Å²) < 4.78 is 8.24. The zero-order chi connectivity index (χ0) is 25.8. The van der Waals surface area contributed by atoms with E-state index >= 15 is 0 Å². The van der Waals surface area contributed by atoms with Gasteiger partial charge in [-0.1, -0.05) is 97.1 Å². The van der Waals surface area contributed by atoms with Crippen molar-refractivity contribution in [3.05, 3.63) is 140 Å². The highest BCUT2D eigenvalue weighted by molar-refractivity contribution is 7.79. The predicted octanol–water partition coefficient (Wildman–Crippen LogP) is 7.81. The molecule has 0 unspecified atom stereocenters. The van der Waals surface area contributed by atoms with Crippen LogP contribution in [-0.4, -0.2) is 9.38 Å². The second kappa shape index (κ2) is 8.94. The molecular formula is C35H23N2OP. The van der Waals surface area contributed by atoms with Crippen LogP contribution in [0.25, 0.3) is 49.7 Å². The van der Waals surface area contributed by atoms with Crippen molar-refractivity contribution in [3.63, 3.8) is 0 Å². The first kappa shape index (κ1) is 22.3. The van der Waals surface area contributed by atoms with Crippen LogP contribution >= 0.6 is 7.92 Å². The first-order valence-corrected chi connectivity index (χ1v) is 14.4. The van der Waals surface area contributed by atoms with Crippen LogP contribution in [0.15, 0.2) is 144 Å². The van der Waals surface area contributed by atoms with E-state index in [4.69, 9.17) is 9.40 Å². The zero-order valence-corrected chi connectivity index (χ0v) is 21.9. The molecule has 0 amide bonds. The number of aromatic nitrogens is 2. The third-order valence-electron chi connectivity index (χ3n) is 7.37. The number of hydrogen-bond acceptors (Lipinski definition) is 2. The fourth-order valence-corrected chi connectivity index (χ4v) is 7.80. The second-order valence-electron chi connectivity index (χ2n) is 9.76. The summed E-state index contributed by atoms with van der Waals surface area (Å²) in [5, 5.41) is 7.60. The third-order valence-corrected chi connectivity index (χ3v) is 9.79. The fourth-order valence-electron chi connectivity index (χ4n) is 5.48. The molecule has 3 aromatic heterocycles. The zero-order valence-electron chi connectivity index (χ0n) is 21.0. The van der Waals surface area contributed by atoms with Crippen molar-refractivity contribution in [2.24, 2.45) is 0 Å². The third kappa shape index (κ3) is 3.74. The summed E-state index contributed by atoms with van der Waals surface area (Å²) in [7, 11) is -0.632. The molecule has 0 fully saturated rings. The second-order valence-corrected chi connectivity index (χ2v) is 12.0. The minimum Gasteiger partial charge on any atom is -0.437 e. The van der Waals surface area contributed by atoms with Crippen molar-refractivity contribution in [2.75, 3.05) is 0 Å². The summed E-state index contributed by atoms with van der Waals surface area (Å²) in [5.74, 6) is 0. The van der Waals surface area contributed by atoms with E-state index in [2.05, 4.69) is 126 Å². The standard InChI is InChI=1S/C35H23N2OP/c1-3-9-28(10-4-1)39(29-11-5-2-6-12-29)30-19-17-24-21-25(15-16-26(24)22-30)27-18-20-33-36-34-31-13-7-8-14-32(31)38-35(34)37(33)23-27/h1-23H. The molecular weight excluding hydrogens is 495 g/mol. The van der Waals surface area contributed by atoms with Crippen LogP contribution in [-0.2, 0) is 0 Å². The maximum absolute atomic E-state index is 6.18. The molecule has 0 atom stereocenters. The predicted molar refractivity (Wildman–Crippen MR) is 164 cm³/mol. The molecule has 0 aliphatic heterocycles. The topological polar surface area (TPSA) is 30.4 Å². The van der Waals surface area contributed by atoms with Gasteiger partial charge in [-0.05, 0) is 82.1 Å². The van der Waals surface area contributed by atoms with Crippen LogP contribution in [0.4, 0.5) is 0 Å². The van der Waals surface area contributed by atoms with Gasteiger partial charge in [0.25, 0.3) is 0 Å². The molecule has 39 heavy (non-hydrogen) atoms. The van der Waals surface area contributed by atoms with E-state index in [1.54, 1.807) is 0 Å². The van der Waals surface area contributed by atoms with Gasteiger partial charge < -0.3 is 4.42 Å². The number of nitrogens with zero attached hydrogens (tertiary/aromatic N) is 2. The molecule has 8 rings (SSSR count). The van der Waals surface area contributed by atoms with E-state index in [0.29, 0.717) is 0 Å². The number of furan rings is 1. The summed E-state index contributed by atoms with van der Waals surface area (Å²) in [4.78, 5) is 4.84. The minimum absolute atomic E-state index is 0.632. The van der Waals surface area contributed by atoms with Gasteiger partial charge in [-0.15, -0.1) is 0 Å². The van der Waals surface area contributed by atoms with Gasteiger partial charge in [-0.25, -0.2) is 4.98 Å². The van der Waals surface area contributed by atoms with Crippen LogP contribution in [0.3, 0.4) is 0 Å². The Balaban J connectivity index is 1.21. The van der Waals surface area contributed by atoms with E-state index in [0.717, 1.165) is 33.4 Å². The molecule has 0 aliphatic carbocycles. The molecule has 0 N–H and O–H groups in total. The van der Waals surface area contributed by atoms with Crippen LogP contribution in [0.1, 0.15) is 0 Å². The quantitative estimate of drug-likeness (QED) is 0.223. The van der Waals surface area contributed by atoms with Crippen LogP contribution in [0, 0.1) is 0 Å². The highest BCUT2D eigenvalue weighted by atomic mass is 31.1. The number of para-hydroxylation sites is 1. The SMILES string of the molecule is c1ccc(P(c2ccccc2)c2ccc3cc(-c4ccc5nc6c7ccccc7oc6n5c4)ccc3c2)cc1. The van der Waals surface area contributed by atoms with Gasteiger partial charge in [0, 0.05) is 11.6 Å². The number of pyridine rings is 1. The average molecular weight is 519 g/mol. The first-order valence-electron chi connectivity index (χ1n) is 13.1. The number of benzene rings is 5. The molecule has 0 aliphatic rings. The van der Waals surface area contributed by atoms with Gasteiger partial charge in [0.05, 0.1) is 0 Å². The van der Waals surface area contributed by atoms with E-state index in [1.165, 1.54) is 32.2 Å². The highest BCUT2D eigenvalue weighted by Gasteiger charge is 2.17. The molecule has 184 valence electrons. The van der Waals surface area contributed by atoms with Gasteiger partial charge >= 0.3 is 0 Å². The molecule has 4 heteroatoms. The van der Waals surface area contributed by atoms with Gasteiger partial charge in [-0.2, -0.15) is 0 Å². The normalized spacial score (nSPS) is 11.8. The van der Waals surface area contributed by atoms with Gasteiger partial charge in [0.15, 0.2) is 0 Å². The van der Waals surface area contributed by atoms with Gasteiger partial charge in [0.1, 0.15) is 16.7 Å². The Bertz CT molecular complexity index is 2090. The Morgan fingerprint density at radius 1 is 0.564 bits per heavy atom. The maximum Gasteiger partial charge on any atom is 0.232 e. The number of fused-ring (bicyclic) bond motifs is 6. The van der Waals surface area contributed by atoms with Crippen molar-refractivity contribution < 1.29 is 4.42 Å². The van der Waals surface area contributed by atoms with Gasteiger partial charge in [0.2, 0.25) is 5.71 Å². The summed E-state index contributed by atoms with van der Waals surface area (Å²) in [5.41, 5.74) is 5.74. The van der Waals surface area contributed by atoms with E-state index in [-0.39, 0.29) is 0 Å². The Kier molecular flexibility index (Phi) is 5.11. The lowest BCUT2D eigenvalue weighted by molar-refractivity contribution is 0.649. The van der Waals surface area contributed by atoms with Crippen molar-refractivity contribution in [1.82, 2.24) is 9.38 Å². The number of imidazole rings is 1. The molecule has 3 heterocycles. The van der Waals surface area contributed by atoms with Crippen LogP contribution in [0.5, 0.6) is 0 Å². The Morgan fingerprint density at radius 2 is 1.23 bits per heavy atom. The molecule has 0 spiro atoms. The summed E-state index contributed by atoms with van der Waals surface area (Å²) in [6.07, 6.45) is 2.13.